The number of rotatable bonds is 7. The van der Waals surface area contributed by atoms with Crippen molar-refractivity contribution in [2.75, 3.05) is 19.0 Å². The van der Waals surface area contributed by atoms with Crippen LogP contribution in [-0.2, 0) is 24.3 Å². The summed E-state index contributed by atoms with van der Waals surface area (Å²) in [7, 11) is -2.73. The summed E-state index contributed by atoms with van der Waals surface area (Å²) in [6.07, 6.45) is 0. The Morgan fingerprint density at radius 1 is 1.30 bits per heavy atom. The maximum atomic E-state index is 12.1. The zero-order valence-electron chi connectivity index (χ0n) is 13.2. The summed E-state index contributed by atoms with van der Waals surface area (Å²) in [6, 6.07) is 5.36. The fourth-order valence-electron chi connectivity index (χ4n) is 1.55. The average Bonchev–Trinajstić information content (AvgIpc) is 2.51. The van der Waals surface area contributed by atoms with Crippen LogP contribution in [0.1, 0.15) is 13.8 Å². The third kappa shape index (κ3) is 5.62. The summed E-state index contributed by atoms with van der Waals surface area (Å²) in [5.41, 5.74) is 5.98. The summed E-state index contributed by atoms with van der Waals surface area (Å²) in [4.78, 5) is 22.9. The highest BCUT2D eigenvalue weighted by Gasteiger charge is 2.19. The van der Waals surface area contributed by atoms with E-state index in [1.807, 2.05) is 0 Å². The molecule has 0 aliphatic carbocycles. The third-order valence-electron chi connectivity index (χ3n) is 3.25. The second-order valence-corrected chi connectivity index (χ2v) is 6.83. The lowest BCUT2D eigenvalue weighted by atomic mass is 10.0. The molecule has 1 amide bonds. The molecule has 0 saturated heterocycles. The van der Waals surface area contributed by atoms with Crippen LogP contribution in [0.15, 0.2) is 29.2 Å². The minimum absolute atomic E-state index is 0.0762. The van der Waals surface area contributed by atoms with Gasteiger partial charge in [-0.15, -0.1) is 0 Å². The molecule has 1 rings (SSSR count). The normalized spacial score (nSPS) is 13.9. The molecule has 0 aliphatic rings. The van der Waals surface area contributed by atoms with E-state index in [0.717, 1.165) is 7.11 Å². The van der Waals surface area contributed by atoms with Gasteiger partial charge in [0.05, 0.1) is 17.9 Å². The number of sulfonamides is 1. The number of anilines is 1. The molecule has 0 heterocycles. The summed E-state index contributed by atoms with van der Waals surface area (Å²) >= 11 is 0. The number of methoxy groups -OCH3 is 1. The molecule has 4 N–H and O–H groups in total. The van der Waals surface area contributed by atoms with E-state index in [1.54, 1.807) is 19.9 Å². The van der Waals surface area contributed by atoms with Crippen LogP contribution < -0.4 is 15.8 Å². The highest BCUT2D eigenvalue weighted by molar-refractivity contribution is 7.89. The molecule has 0 spiro atoms. The molecular weight excluding hydrogens is 322 g/mol. The van der Waals surface area contributed by atoms with Gasteiger partial charge in [-0.2, -0.15) is 4.72 Å². The van der Waals surface area contributed by atoms with Crippen molar-refractivity contribution < 1.29 is 22.7 Å². The molecule has 0 aliphatic heterocycles. The van der Waals surface area contributed by atoms with Gasteiger partial charge in [-0.25, -0.2) is 8.42 Å². The van der Waals surface area contributed by atoms with Gasteiger partial charge in [-0.1, -0.05) is 13.0 Å². The Morgan fingerprint density at radius 3 is 2.52 bits per heavy atom. The molecule has 1 aromatic rings. The number of nitrogens with one attached hydrogen (secondary N) is 2. The van der Waals surface area contributed by atoms with E-state index in [2.05, 4.69) is 14.8 Å². The van der Waals surface area contributed by atoms with Crippen molar-refractivity contribution in [3.8, 4) is 0 Å². The lowest BCUT2D eigenvalue weighted by molar-refractivity contribution is -0.139. The zero-order chi connectivity index (χ0) is 17.6. The van der Waals surface area contributed by atoms with Crippen LogP contribution in [0.3, 0.4) is 0 Å². The van der Waals surface area contributed by atoms with Gasteiger partial charge in [0.2, 0.25) is 15.9 Å². The number of carbonyl (C=O) groups excluding carboxylic acids is 2. The SMILES string of the molecule is COC(=O)CNS(=O)(=O)c1cccc(NC(=O)C(C)C(C)N)c1. The van der Waals surface area contributed by atoms with E-state index in [-0.39, 0.29) is 16.8 Å². The minimum Gasteiger partial charge on any atom is -0.468 e. The van der Waals surface area contributed by atoms with Crippen molar-refractivity contribution in [3.05, 3.63) is 24.3 Å². The van der Waals surface area contributed by atoms with E-state index in [0.29, 0.717) is 5.69 Å². The number of nitrogens with two attached hydrogens (primary N) is 1. The zero-order valence-corrected chi connectivity index (χ0v) is 14.0. The number of carbonyl (C=O) groups is 2. The predicted molar refractivity (Wildman–Crippen MR) is 85.1 cm³/mol. The Kier molecular flexibility index (Phi) is 6.67. The summed E-state index contributed by atoms with van der Waals surface area (Å²) in [5, 5.41) is 2.61. The van der Waals surface area contributed by atoms with Crippen molar-refractivity contribution in [1.29, 1.82) is 0 Å². The van der Waals surface area contributed by atoms with Crippen molar-refractivity contribution in [2.24, 2.45) is 11.7 Å². The van der Waals surface area contributed by atoms with Gasteiger partial charge in [-0.3, -0.25) is 9.59 Å². The molecule has 2 unspecified atom stereocenters. The Labute approximate surface area is 135 Å². The number of hydrogen-bond donors (Lipinski definition) is 3. The summed E-state index contributed by atoms with van der Waals surface area (Å²) in [5.74, 6) is -1.44. The first-order valence-corrected chi connectivity index (χ1v) is 8.38. The molecule has 2 atom stereocenters. The van der Waals surface area contributed by atoms with Crippen LogP contribution in [0.2, 0.25) is 0 Å². The van der Waals surface area contributed by atoms with Gasteiger partial charge >= 0.3 is 5.97 Å². The third-order valence-corrected chi connectivity index (χ3v) is 4.65. The van der Waals surface area contributed by atoms with Crippen LogP contribution >= 0.6 is 0 Å². The predicted octanol–water partition coefficient (Wildman–Crippen LogP) is 0.0597. The molecule has 0 bridgehead atoms. The minimum atomic E-state index is -3.89. The highest BCUT2D eigenvalue weighted by Crippen LogP contribution is 2.16. The van der Waals surface area contributed by atoms with Crippen LogP contribution in [-0.4, -0.2) is 40.0 Å². The first kappa shape index (κ1) is 19.1. The lowest BCUT2D eigenvalue weighted by Gasteiger charge is -2.15. The monoisotopic (exact) mass is 343 g/mol. The van der Waals surface area contributed by atoms with Gasteiger partial charge in [0, 0.05) is 11.7 Å². The first-order chi connectivity index (χ1) is 10.7. The average molecular weight is 343 g/mol. The second-order valence-electron chi connectivity index (χ2n) is 5.07. The number of amides is 1. The Balaban J connectivity index is 2.88. The molecule has 9 heteroatoms. The summed E-state index contributed by atoms with van der Waals surface area (Å²) < 4.78 is 30.6. The van der Waals surface area contributed by atoms with E-state index >= 15 is 0 Å². The largest absolute Gasteiger partial charge is 0.468 e. The molecular formula is C14H21N3O5S. The number of hydrogen-bond acceptors (Lipinski definition) is 6. The fraction of sp³-hybridized carbons (Fsp3) is 0.429. The Bertz CT molecular complexity index is 673. The smallest absolute Gasteiger partial charge is 0.320 e. The molecule has 8 nitrogen and oxygen atoms in total. The van der Waals surface area contributed by atoms with Crippen LogP contribution in [0, 0.1) is 5.92 Å². The molecule has 0 aromatic heterocycles. The van der Waals surface area contributed by atoms with E-state index in [4.69, 9.17) is 5.73 Å². The van der Waals surface area contributed by atoms with Crippen molar-refractivity contribution in [2.45, 2.75) is 24.8 Å². The Morgan fingerprint density at radius 2 is 1.96 bits per heavy atom. The number of esters is 1. The Hall–Kier alpha value is -1.97. The molecule has 128 valence electrons. The van der Waals surface area contributed by atoms with Gasteiger partial charge in [-0.05, 0) is 25.1 Å². The van der Waals surface area contributed by atoms with Crippen LogP contribution in [0.5, 0.6) is 0 Å². The van der Waals surface area contributed by atoms with Crippen molar-refractivity contribution >= 4 is 27.6 Å². The quantitative estimate of drug-likeness (QED) is 0.601. The first-order valence-electron chi connectivity index (χ1n) is 6.90. The van der Waals surface area contributed by atoms with Gasteiger partial charge in [0.15, 0.2) is 0 Å². The molecule has 23 heavy (non-hydrogen) atoms. The fourth-order valence-corrected chi connectivity index (χ4v) is 2.56. The van der Waals surface area contributed by atoms with Crippen LogP contribution in [0.25, 0.3) is 0 Å². The molecule has 1 aromatic carbocycles. The summed E-state index contributed by atoms with van der Waals surface area (Å²) in [6.45, 7) is 2.91. The lowest BCUT2D eigenvalue weighted by Crippen LogP contribution is -2.34. The number of benzene rings is 1. The maximum absolute atomic E-state index is 12.1. The van der Waals surface area contributed by atoms with E-state index in [9.17, 15) is 18.0 Å². The molecule has 0 fully saturated rings. The van der Waals surface area contributed by atoms with Crippen molar-refractivity contribution in [3.63, 3.8) is 0 Å². The molecule has 0 saturated carbocycles. The van der Waals surface area contributed by atoms with E-state index < -0.39 is 28.5 Å². The highest BCUT2D eigenvalue weighted by atomic mass is 32.2. The van der Waals surface area contributed by atoms with E-state index in [1.165, 1.54) is 18.2 Å². The van der Waals surface area contributed by atoms with Crippen LogP contribution in [0.4, 0.5) is 5.69 Å². The van der Waals surface area contributed by atoms with Crippen molar-refractivity contribution in [1.82, 2.24) is 4.72 Å². The second kappa shape index (κ2) is 8.04. The van der Waals surface area contributed by atoms with Gasteiger partial charge in [0.25, 0.3) is 0 Å². The van der Waals surface area contributed by atoms with Gasteiger partial charge in [0.1, 0.15) is 6.54 Å². The van der Waals surface area contributed by atoms with Gasteiger partial charge < -0.3 is 15.8 Å². The maximum Gasteiger partial charge on any atom is 0.320 e. The standard InChI is InChI=1S/C14H21N3O5S/c1-9(10(2)15)14(19)17-11-5-4-6-12(7-11)23(20,21)16-8-13(18)22-3/h4-7,9-10,16H,8,15H2,1-3H3,(H,17,19). The molecule has 0 radical (unpaired) electrons. The topological polar surface area (TPSA) is 128 Å². The number of ether oxygens (including phenoxy) is 1.